The fourth-order valence-corrected chi connectivity index (χ4v) is 1.33. The van der Waals surface area contributed by atoms with Gasteiger partial charge in [0.05, 0.1) is 13.0 Å². The van der Waals surface area contributed by atoms with Crippen molar-refractivity contribution < 1.29 is 19.5 Å². The lowest BCUT2D eigenvalue weighted by atomic mass is 10.2. The monoisotopic (exact) mass is 269 g/mol. The molecule has 1 aromatic rings. The van der Waals surface area contributed by atoms with Gasteiger partial charge in [0.2, 0.25) is 5.91 Å². The number of carboxylic acids is 1. The van der Waals surface area contributed by atoms with Gasteiger partial charge in [-0.3, -0.25) is 9.48 Å². The molecule has 0 aliphatic carbocycles. The molecule has 1 rings (SSSR count). The Hall–Kier alpha value is -2.58. The minimum atomic E-state index is -1.33. The first kappa shape index (κ1) is 14.5. The summed E-state index contributed by atoms with van der Waals surface area (Å²) in [6.45, 7) is 0.727. The summed E-state index contributed by atoms with van der Waals surface area (Å²) < 4.78 is 1.61. The molecule has 0 saturated heterocycles. The Bertz CT molecular complexity index is 445. The highest BCUT2D eigenvalue weighted by molar-refractivity contribution is 5.87. The summed E-state index contributed by atoms with van der Waals surface area (Å²) >= 11 is 0. The van der Waals surface area contributed by atoms with E-state index >= 15 is 0 Å². The van der Waals surface area contributed by atoms with Crippen molar-refractivity contribution in [3.8, 4) is 0 Å². The first-order valence-electron chi connectivity index (χ1n) is 5.52. The first-order valence-corrected chi connectivity index (χ1v) is 5.52. The van der Waals surface area contributed by atoms with E-state index in [1.54, 1.807) is 23.1 Å². The average Bonchev–Trinajstić information content (AvgIpc) is 2.80. The van der Waals surface area contributed by atoms with Crippen LogP contribution in [0.3, 0.4) is 0 Å². The van der Waals surface area contributed by atoms with E-state index in [0.717, 1.165) is 0 Å². The van der Waals surface area contributed by atoms with E-state index in [-0.39, 0.29) is 6.54 Å². The molecule has 104 valence electrons. The van der Waals surface area contributed by atoms with E-state index in [1.807, 2.05) is 0 Å². The predicted molar refractivity (Wildman–Crippen MR) is 64.0 cm³/mol. The van der Waals surface area contributed by atoms with Gasteiger partial charge in [0.1, 0.15) is 6.04 Å². The third kappa shape index (κ3) is 5.52. The van der Waals surface area contributed by atoms with Gasteiger partial charge >= 0.3 is 12.0 Å². The largest absolute Gasteiger partial charge is 0.480 e. The molecule has 19 heavy (non-hydrogen) atoms. The van der Waals surface area contributed by atoms with Crippen LogP contribution in [0, 0.1) is 0 Å². The molecule has 1 unspecified atom stereocenters. The van der Waals surface area contributed by atoms with Crippen molar-refractivity contribution in [2.75, 3.05) is 6.54 Å². The Kier molecular flexibility index (Phi) is 5.33. The van der Waals surface area contributed by atoms with Crippen LogP contribution in [0.1, 0.15) is 6.42 Å². The molecule has 0 radical (unpaired) electrons. The average molecular weight is 269 g/mol. The second kappa shape index (κ2) is 6.99. The zero-order valence-corrected chi connectivity index (χ0v) is 10.1. The fourth-order valence-electron chi connectivity index (χ4n) is 1.33. The molecular formula is C10H15N5O4. The first-order chi connectivity index (χ1) is 8.99. The Morgan fingerprint density at radius 3 is 2.68 bits per heavy atom. The second-order valence-corrected chi connectivity index (χ2v) is 3.73. The number of hydrogen-bond donors (Lipinski definition) is 4. The minimum absolute atomic E-state index is 0.274. The lowest BCUT2D eigenvalue weighted by Gasteiger charge is -2.13. The molecule has 0 aliphatic heterocycles. The van der Waals surface area contributed by atoms with Gasteiger partial charge in [0, 0.05) is 18.9 Å². The quantitative estimate of drug-likeness (QED) is 0.477. The molecule has 3 amide bonds. The van der Waals surface area contributed by atoms with Crippen molar-refractivity contribution in [2.45, 2.75) is 19.0 Å². The van der Waals surface area contributed by atoms with Crippen LogP contribution in [0.15, 0.2) is 18.5 Å². The molecule has 1 heterocycles. The van der Waals surface area contributed by atoms with E-state index in [9.17, 15) is 14.4 Å². The maximum absolute atomic E-state index is 11.4. The topological polar surface area (TPSA) is 139 Å². The van der Waals surface area contributed by atoms with Crippen LogP contribution in [0.5, 0.6) is 0 Å². The van der Waals surface area contributed by atoms with Gasteiger partial charge in [-0.05, 0) is 6.07 Å². The SMILES string of the molecule is NC(=O)CC(NC(=O)NCCn1cccn1)C(=O)O. The third-order valence-corrected chi connectivity index (χ3v) is 2.19. The summed E-state index contributed by atoms with van der Waals surface area (Å²) in [6, 6.07) is -0.268. The molecule has 0 bridgehead atoms. The van der Waals surface area contributed by atoms with E-state index in [0.29, 0.717) is 6.54 Å². The van der Waals surface area contributed by atoms with Crippen LogP contribution in [-0.2, 0) is 16.1 Å². The normalized spacial score (nSPS) is 11.6. The molecule has 0 aliphatic rings. The highest BCUT2D eigenvalue weighted by Crippen LogP contribution is 1.91. The van der Waals surface area contributed by atoms with Crippen molar-refractivity contribution in [2.24, 2.45) is 5.73 Å². The number of nitrogens with one attached hydrogen (secondary N) is 2. The van der Waals surface area contributed by atoms with Gasteiger partial charge in [0.15, 0.2) is 0 Å². The number of carbonyl (C=O) groups excluding carboxylic acids is 2. The molecule has 9 nitrogen and oxygen atoms in total. The van der Waals surface area contributed by atoms with Crippen molar-refractivity contribution >= 4 is 17.9 Å². The number of primary amides is 1. The van der Waals surface area contributed by atoms with Gasteiger partial charge in [-0.15, -0.1) is 0 Å². The molecule has 0 saturated carbocycles. The lowest BCUT2D eigenvalue weighted by molar-refractivity contribution is -0.140. The number of aromatic nitrogens is 2. The van der Waals surface area contributed by atoms with Crippen molar-refractivity contribution in [3.63, 3.8) is 0 Å². The Morgan fingerprint density at radius 2 is 2.16 bits per heavy atom. The van der Waals surface area contributed by atoms with Gasteiger partial charge in [-0.1, -0.05) is 0 Å². The molecule has 0 aromatic carbocycles. The van der Waals surface area contributed by atoms with Gasteiger partial charge in [-0.2, -0.15) is 5.10 Å². The van der Waals surface area contributed by atoms with E-state index in [4.69, 9.17) is 10.8 Å². The second-order valence-electron chi connectivity index (χ2n) is 3.73. The Labute approximate surface area is 108 Å². The number of amides is 3. The summed E-state index contributed by atoms with van der Waals surface area (Å²) in [4.78, 5) is 32.8. The highest BCUT2D eigenvalue weighted by atomic mass is 16.4. The number of aliphatic carboxylic acids is 1. The van der Waals surface area contributed by atoms with E-state index in [1.165, 1.54) is 0 Å². The van der Waals surface area contributed by atoms with Crippen LogP contribution in [-0.4, -0.2) is 45.4 Å². The van der Waals surface area contributed by atoms with Gasteiger partial charge < -0.3 is 21.5 Å². The van der Waals surface area contributed by atoms with E-state index in [2.05, 4.69) is 15.7 Å². The summed E-state index contributed by atoms with van der Waals surface area (Å²) in [5, 5.41) is 17.3. The maximum atomic E-state index is 11.4. The number of nitrogens with two attached hydrogens (primary N) is 1. The highest BCUT2D eigenvalue weighted by Gasteiger charge is 2.21. The van der Waals surface area contributed by atoms with Crippen molar-refractivity contribution in [1.29, 1.82) is 0 Å². The number of carbonyl (C=O) groups is 3. The number of rotatable bonds is 7. The summed E-state index contributed by atoms with van der Waals surface area (Å²) in [6.07, 6.45) is 2.88. The predicted octanol–water partition coefficient (Wildman–Crippen LogP) is -1.49. The smallest absolute Gasteiger partial charge is 0.326 e. The molecule has 9 heteroatoms. The molecular weight excluding hydrogens is 254 g/mol. The zero-order chi connectivity index (χ0) is 14.3. The number of carboxylic acid groups (broad SMARTS) is 1. The zero-order valence-electron chi connectivity index (χ0n) is 10.1. The van der Waals surface area contributed by atoms with Gasteiger partial charge in [-0.25, -0.2) is 9.59 Å². The van der Waals surface area contributed by atoms with Crippen LogP contribution in [0.2, 0.25) is 0 Å². The summed E-state index contributed by atoms with van der Waals surface area (Å²) in [7, 11) is 0. The van der Waals surface area contributed by atoms with Crippen molar-refractivity contribution in [1.82, 2.24) is 20.4 Å². The Morgan fingerprint density at radius 1 is 1.42 bits per heavy atom. The van der Waals surface area contributed by atoms with Gasteiger partial charge in [0.25, 0.3) is 0 Å². The van der Waals surface area contributed by atoms with Crippen LogP contribution in [0.4, 0.5) is 4.79 Å². The Balaban J connectivity index is 2.32. The van der Waals surface area contributed by atoms with Crippen molar-refractivity contribution in [3.05, 3.63) is 18.5 Å². The molecule has 0 spiro atoms. The summed E-state index contributed by atoms with van der Waals surface area (Å²) in [5.41, 5.74) is 4.89. The van der Waals surface area contributed by atoms with E-state index < -0.39 is 30.4 Å². The van der Waals surface area contributed by atoms with Crippen LogP contribution >= 0.6 is 0 Å². The standard InChI is InChI=1S/C10H15N5O4/c11-8(16)6-7(9(17)18)14-10(19)12-3-5-15-4-1-2-13-15/h1-2,4,7H,3,5-6H2,(H2,11,16)(H,17,18)(H2,12,14,19). The minimum Gasteiger partial charge on any atom is -0.480 e. The molecule has 1 atom stereocenters. The fraction of sp³-hybridized carbons (Fsp3) is 0.400. The van der Waals surface area contributed by atoms with Crippen LogP contribution < -0.4 is 16.4 Å². The number of hydrogen-bond acceptors (Lipinski definition) is 4. The van der Waals surface area contributed by atoms with Crippen LogP contribution in [0.25, 0.3) is 0 Å². The molecule has 0 fully saturated rings. The third-order valence-electron chi connectivity index (χ3n) is 2.19. The summed E-state index contributed by atoms with van der Waals surface area (Å²) in [5.74, 6) is -2.12. The molecule has 5 N–H and O–H groups in total. The lowest BCUT2D eigenvalue weighted by Crippen LogP contribution is -2.48. The number of urea groups is 1. The number of nitrogens with zero attached hydrogens (tertiary/aromatic N) is 2. The molecule has 1 aromatic heterocycles. The maximum Gasteiger partial charge on any atom is 0.326 e.